The molecule has 0 amide bonds. The van der Waals surface area contributed by atoms with Crippen LogP contribution in [0.3, 0.4) is 0 Å². The van der Waals surface area contributed by atoms with Crippen molar-refractivity contribution in [3.63, 3.8) is 0 Å². The van der Waals surface area contributed by atoms with Crippen LogP contribution in [0.4, 0.5) is 0 Å². The molecule has 1 saturated carbocycles. The Hall–Kier alpha value is -0.783. The van der Waals surface area contributed by atoms with Gasteiger partial charge in [0.05, 0.1) is 6.61 Å². The molecule has 2 aliphatic carbocycles. The Balaban J connectivity index is 2.09. The largest absolute Gasteiger partial charge is 0.405 e. The molecule has 2 atom stereocenters. The predicted octanol–water partition coefficient (Wildman–Crippen LogP) is 8.54. The Kier molecular flexibility index (Phi) is 9.08. The maximum absolute atomic E-state index is 6.66. The van der Waals surface area contributed by atoms with E-state index in [0.717, 1.165) is 18.3 Å². The van der Waals surface area contributed by atoms with E-state index < -0.39 is 8.32 Å². The maximum atomic E-state index is 6.66. The highest BCUT2D eigenvalue weighted by Crippen LogP contribution is 2.43. The van der Waals surface area contributed by atoms with Gasteiger partial charge >= 0.3 is 0 Å². The van der Waals surface area contributed by atoms with E-state index in [1.165, 1.54) is 31.3 Å². The summed E-state index contributed by atoms with van der Waals surface area (Å²) in [6.45, 7) is 21.8. The van der Waals surface area contributed by atoms with E-state index in [2.05, 4.69) is 92.4 Å². The van der Waals surface area contributed by atoms with Crippen LogP contribution < -0.4 is 0 Å². The highest BCUT2D eigenvalue weighted by molar-refractivity contribution is 6.77. The molecule has 0 aromatic heterocycles. The van der Waals surface area contributed by atoms with Crippen molar-refractivity contribution in [1.82, 2.24) is 0 Å². The van der Waals surface area contributed by atoms with Gasteiger partial charge in [0.25, 0.3) is 0 Å². The van der Waals surface area contributed by atoms with E-state index in [-0.39, 0.29) is 0 Å². The van der Waals surface area contributed by atoms with Gasteiger partial charge in [-0.15, -0.1) is 0 Å². The average Bonchev–Trinajstić information content (AvgIpc) is 3.45. The Morgan fingerprint density at radius 2 is 1.67 bits per heavy atom. The molecule has 0 spiro atoms. The molecule has 0 N–H and O–H groups in total. The Morgan fingerprint density at radius 3 is 2.17 bits per heavy atom. The third-order valence-corrected chi connectivity index (χ3v) is 13.7. The number of hydrogen-bond acceptors (Lipinski definition) is 1. The van der Waals surface area contributed by atoms with Crippen molar-refractivity contribution in [2.45, 2.75) is 111 Å². The zero-order valence-electron chi connectivity index (χ0n) is 21.3. The number of hydrogen-bond donors (Lipinski definition) is 0. The van der Waals surface area contributed by atoms with Gasteiger partial charge in [-0.3, -0.25) is 0 Å². The fourth-order valence-electron chi connectivity index (χ4n) is 5.61. The molecule has 1 fully saturated rings. The number of rotatable bonds is 8. The van der Waals surface area contributed by atoms with E-state index in [0.29, 0.717) is 34.6 Å². The van der Waals surface area contributed by atoms with Gasteiger partial charge in [-0.05, 0) is 71.9 Å². The summed E-state index contributed by atoms with van der Waals surface area (Å²) in [6, 6.07) is 0. The summed E-state index contributed by atoms with van der Waals surface area (Å²) in [5, 5.41) is 0. The van der Waals surface area contributed by atoms with E-state index >= 15 is 0 Å². The summed E-state index contributed by atoms with van der Waals surface area (Å²) in [7, 11) is -1.83. The summed E-state index contributed by atoms with van der Waals surface area (Å²) >= 11 is 0. The molecule has 2 rings (SSSR count). The van der Waals surface area contributed by atoms with Crippen molar-refractivity contribution in [3.05, 3.63) is 23.8 Å². The predicted molar refractivity (Wildman–Crippen MR) is 135 cm³/mol. The molecule has 0 bridgehead atoms. The Bertz CT molecular complexity index is 639. The van der Waals surface area contributed by atoms with Gasteiger partial charge in [-0.1, -0.05) is 92.4 Å². The molecule has 0 unspecified atom stereocenters. The van der Waals surface area contributed by atoms with Gasteiger partial charge in [0.15, 0.2) is 0 Å². The quantitative estimate of drug-likeness (QED) is 0.214. The van der Waals surface area contributed by atoms with Gasteiger partial charge in [0, 0.05) is 5.57 Å². The molecule has 2 aliphatic rings. The molecule has 0 aromatic rings. The van der Waals surface area contributed by atoms with Crippen LogP contribution in [0.2, 0.25) is 16.6 Å². The lowest BCUT2D eigenvalue weighted by atomic mass is 9.69. The van der Waals surface area contributed by atoms with Crippen LogP contribution in [0.5, 0.6) is 0 Å². The average molecular weight is 429 g/mol. The molecule has 0 heterocycles. The molecule has 1 nitrogen and oxygen atoms in total. The molecule has 0 radical (unpaired) electrons. The van der Waals surface area contributed by atoms with Crippen molar-refractivity contribution in [2.24, 2.45) is 23.2 Å². The van der Waals surface area contributed by atoms with E-state index in [1.807, 2.05) is 0 Å². The van der Waals surface area contributed by atoms with Crippen LogP contribution >= 0.6 is 0 Å². The van der Waals surface area contributed by atoms with Gasteiger partial charge in [0.2, 0.25) is 8.32 Å². The van der Waals surface area contributed by atoms with E-state index in [9.17, 15) is 0 Å². The fraction of sp³-hybridized carbons (Fsp3) is 0.786. The van der Waals surface area contributed by atoms with Gasteiger partial charge < -0.3 is 4.43 Å². The van der Waals surface area contributed by atoms with Crippen LogP contribution in [-0.4, -0.2) is 14.9 Å². The third-order valence-electron chi connectivity index (χ3n) is 7.64. The normalized spacial score (nSPS) is 23.3. The minimum atomic E-state index is -1.83. The highest BCUT2D eigenvalue weighted by atomic mass is 28.4. The van der Waals surface area contributed by atoms with Crippen molar-refractivity contribution in [2.75, 3.05) is 6.61 Å². The van der Waals surface area contributed by atoms with Crippen molar-refractivity contribution in [1.29, 1.82) is 0 Å². The van der Waals surface area contributed by atoms with Crippen LogP contribution in [0, 0.1) is 35.0 Å². The highest BCUT2D eigenvalue weighted by Gasteiger charge is 2.44. The fourth-order valence-corrected chi connectivity index (χ4v) is 10.9. The summed E-state index contributed by atoms with van der Waals surface area (Å²) in [5.41, 5.74) is 3.57. The van der Waals surface area contributed by atoms with Crippen LogP contribution in [0.25, 0.3) is 0 Å². The molecule has 170 valence electrons. The lowest BCUT2D eigenvalue weighted by Crippen LogP contribution is -2.47. The first-order valence-electron chi connectivity index (χ1n) is 12.5. The lowest BCUT2D eigenvalue weighted by molar-refractivity contribution is 0.197. The molecule has 0 aliphatic heterocycles. The summed E-state index contributed by atoms with van der Waals surface area (Å²) < 4.78 is 6.66. The number of allylic oxidation sites excluding steroid dienone is 4. The molecular weight excluding hydrogens is 380 g/mol. The monoisotopic (exact) mass is 428 g/mol. The second kappa shape index (κ2) is 10.7. The standard InChI is InChI=1S/C28H48OSi/c1-21(2)30(22(3)4,23(5)6)29-19-11-14-25-17-18-27(28(7,8)9)20-26(25)13-10-12-24-15-16-24/h10,12,17,21-24,26-27H,13,15-16,18-20H2,1-9H3/b12-10+/t26-,27-/m0/s1. The first-order valence-corrected chi connectivity index (χ1v) is 14.6. The maximum Gasteiger partial charge on any atom is 0.201 e. The molecule has 2 heteroatoms. The second-order valence-corrected chi connectivity index (χ2v) is 17.3. The Morgan fingerprint density at radius 1 is 1.07 bits per heavy atom. The molecular formula is C28H48OSi. The second-order valence-electron chi connectivity index (χ2n) is 11.8. The third kappa shape index (κ3) is 6.61. The van der Waals surface area contributed by atoms with Crippen molar-refractivity contribution >= 4 is 8.32 Å². The Labute approximate surface area is 189 Å². The molecule has 0 aromatic carbocycles. The van der Waals surface area contributed by atoms with Crippen LogP contribution in [0.15, 0.2) is 23.8 Å². The van der Waals surface area contributed by atoms with Gasteiger partial charge in [-0.25, -0.2) is 0 Å². The van der Waals surface area contributed by atoms with Crippen LogP contribution in [0.1, 0.15) is 94.4 Å². The summed E-state index contributed by atoms with van der Waals surface area (Å²) in [4.78, 5) is 0. The van der Waals surface area contributed by atoms with Crippen molar-refractivity contribution in [3.8, 4) is 11.8 Å². The van der Waals surface area contributed by atoms with Crippen LogP contribution in [-0.2, 0) is 4.43 Å². The topological polar surface area (TPSA) is 9.23 Å². The molecule has 0 saturated heterocycles. The lowest BCUT2D eigenvalue weighted by Gasteiger charge is -2.41. The minimum Gasteiger partial charge on any atom is -0.405 e. The zero-order chi connectivity index (χ0) is 22.5. The SMILES string of the molecule is CC(C)[Si](OCC#CC1=CC[C@H](C(C)(C)C)C[C@@H]1C/C=C/C1CC1)(C(C)C)C(C)C. The van der Waals surface area contributed by atoms with Gasteiger partial charge in [0.1, 0.15) is 0 Å². The smallest absolute Gasteiger partial charge is 0.201 e. The van der Waals surface area contributed by atoms with Gasteiger partial charge in [-0.2, -0.15) is 0 Å². The summed E-state index contributed by atoms with van der Waals surface area (Å²) in [5.74, 6) is 9.19. The first-order chi connectivity index (χ1) is 14.0. The van der Waals surface area contributed by atoms with Crippen molar-refractivity contribution < 1.29 is 4.43 Å². The molecule has 30 heavy (non-hydrogen) atoms. The minimum absolute atomic E-state index is 0.369. The first kappa shape index (κ1) is 25.5. The van der Waals surface area contributed by atoms with E-state index in [1.54, 1.807) is 0 Å². The zero-order valence-corrected chi connectivity index (χ0v) is 22.3. The van der Waals surface area contributed by atoms with E-state index in [4.69, 9.17) is 4.43 Å². The summed E-state index contributed by atoms with van der Waals surface area (Å²) in [6.07, 6.45) is 13.7.